The van der Waals surface area contributed by atoms with Gasteiger partial charge in [0.1, 0.15) is 11.5 Å². The number of thioether (sulfide) groups is 1. The number of hydrogen-bond acceptors (Lipinski definition) is 4. The fraction of sp³-hybridized carbons (Fsp3) is 0.0333. The molecule has 0 aliphatic rings. The van der Waals surface area contributed by atoms with Crippen LogP contribution in [-0.2, 0) is 9.59 Å². The van der Waals surface area contributed by atoms with Crippen LogP contribution in [0, 0.1) is 5.82 Å². The molecule has 0 saturated heterocycles. The van der Waals surface area contributed by atoms with Gasteiger partial charge in [-0.05, 0) is 60.2 Å². The maximum atomic E-state index is 13.8. The number of nitrogens with one attached hydrogen (secondary N) is 3. The van der Waals surface area contributed by atoms with Gasteiger partial charge in [0.2, 0.25) is 5.91 Å². The molecule has 3 N–H and O–H groups in total. The van der Waals surface area contributed by atoms with Crippen LogP contribution in [-0.4, -0.2) is 23.5 Å². The van der Waals surface area contributed by atoms with Crippen molar-refractivity contribution in [2.75, 3.05) is 16.4 Å². The van der Waals surface area contributed by atoms with Crippen molar-refractivity contribution in [2.24, 2.45) is 0 Å². The first-order valence-electron chi connectivity index (χ1n) is 11.8. The summed E-state index contributed by atoms with van der Waals surface area (Å²) in [5, 5.41) is 8.42. The molecule has 6 nitrogen and oxygen atoms in total. The average molecular weight is 560 g/mol. The zero-order valence-corrected chi connectivity index (χ0v) is 22.1. The molecule has 0 aliphatic carbocycles. The zero-order chi connectivity index (χ0) is 27.6. The molecule has 0 spiro atoms. The number of para-hydroxylation sites is 1. The van der Waals surface area contributed by atoms with E-state index < -0.39 is 17.6 Å². The van der Waals surface area contributed by atoms with Crippen LogP contribution >= 0.6 is 23.4 Å². The van der Waals surface area contributed by atoms with E-state index in [2.05, 4.69) is 16.0 Å². The summed E-state index contributed by atoms with van der Waals surface area (Å²) in [7, 11) is 0. The van der Waals surface area contributed by atoms with Crippen LogP contribution in [0.1, 0.15) is 15.9 Å². The lowest BCUT2D eigenvalue weighted by Crippen LogP contribution is -2.30. The monoisotopic (exact) mass is 559 g/mol. The molecule has 4 aromatic carbocycles. The highest BCUT2D eigenvalue weighted by Gasteiger charge is 2.16. The number of anilines is 2. The van der Waals surface area contributed by atoms with Gasteiger partial charge in [-0.2, -0.15) is 0 Å². The molecular formula is C30H23ClFN3O3S. The largest absolute Gasteiger partial charge is 0.323 e. The van der Waals surface area contributed by atoms with Gasteiger partial charge in [0, 0.05) is 21.2 Å². The first-order valence-corrected chi connectivity index (χ1v) is 13.2. The second-order valence-electron chi connectivity index (χ2n) is 8.20. The summed E-state index contributed by atoms with van der Waals surface area (Å²) < 4.78 is 13.8. The van der Waals surface area contributed by atoms with E-state index in [1.165, 1.54) is 30.0 Å². The normalized spacial score (nSPS) is 11.0. The molecule has 4 aromatic rings. The van der Waals surface area contributed by atoms with Gasteiger partial charge in [-0.25, -0.2) is 4.39 Å². The van der Waals surface area contributed by atoms with Gasteiger partial charge < -0.3 is 16.0 Å². The van der Waals surface area contributed by atoms with E-state index in [1.807, 2.05) is 0 Å². The SMILES string of the molecule is O=C(CSc1cccc(NC(=O)/C(=C\c2ccccc2Cl)NC(=O)c2ccccc2)c1)Nc1ccccc1F. The minimum Gasteiger partial charge on any atom is -0.323 e. The Morgan fingerprint density at radius 3 is 2.31 bits per heavy atom. The van der Waals surface area contributed by atoms with E-state index in [0.29, 0.717) is 26.7 Å². The fourth-order valence-electron chi connectivity index (χ4n) is 3.45. The molecule has 0 unspecified atom stereocenters. The van der Waals surface area contributed by atoms with Crippen molar-refractivity contribution in [3.63, 3.8) is 0 Å². The van der Waals surface area contributed by atoms with Crippen molar-refractivity contribution < 1.29 is 18.8 Å². The molecule has 3 amide bonds. The third kappa shape index (κ3) is 8.04. The van der Waals surface area contributed by atoms with Crippen molar-refractivity contribution in [3.8, 4) is 0 Å². The summed E-state index contributed by atoms with van der Waals surface area (Å²) >= 11 is 7.51. The predicted molar refractivity (Wildman–Crippen MR) is 154 cm³/mol. The summed E-state index contributed by atoms with van der Waals surface area (Å²) in [6, 6.07) is 28.3. The first-order chi connectivity index (χ1) is 18.9. The van der Waals surface area contributed by atoms with Gasteiger partial charge in [-0.1, -0.05) is 66.2 Å². The third-order valence-corrected chi connectivity index (χ3v) is 6.68. The standard InChI is InChI=1S/C30H23ClFN3O3S/c31-24-14-5-4-11-21(24)17-27(35-29(37)20-9-2-1-3-10-20)30(38)33-22-12-8-13-23(18-22)39-19-28(36)34-26-16-7-6-15-25(26)32/h1-18H,19H2,(H,33,38)(H,34,36)(H,35,37)/b27-17+. The second-order valence-corrected chi connectivity index (χ2v) is 9.65. The minimum absolute atomic E-state index is 0.000672. The number of carbonyl (C=O) groups is 3. The van der Waals surface area contributed by atoms with E-state index >= 15 is 0 Å². The number of amides is 3. The first kappa shape index (κ1) is 27.6. The van der Waals surface area contributed by atoms with Crippen LogP contribution in [0.4, 0.5) is 15.8 Å². The Labute approximate surface area is 234 Å². The minimum atomic E-state index is -0.557. The Hall–Kier alpha value is -4.40. The van der Waals surface area contributed by atoms with E-state index in [9.17, 15) is 18.8 Å². The van der Waals surface area contributed by atoms with Gasteiger partial charge in [0.05, 0.1) is 11.4 Å². The van der Waals surface area contributed by atoms with E-state index in [1.54, 1.807) is 91.0 Å². The molecule has 0 saturated carbocycles. The molecule has 0 aliphatic heterocycles. The van der Waals surface area contributed by atoms with Crippen LogP contribution < -0.4 is 16.0 Å². The summed E-state index contributed by atoms with van der Waals surface area (Å²) in [5.41, 5.74) is 1.52. The topological polar surface area (TPSA) is 87.3 Å². The molecule has 0 aromatic heterocycles. The number of hydrogen-bond donors (Lipinski definition) is 3. The van der Waals surface area contributed by atoms with Crippen LogP contribution in [0.5, 0.6) is 0 Å². The molecule has 0 fully saturated rings. The lowest BCUT2D eigenvalue weighted by molar-refractivity contribution is -0.114. The lowest BCUT2D eigenvalue weighted by Gasteiger charge is -2.12. The Kier molecular flexibility index (Phi) is 9.50. The van der Waals surface area contributed by atoms with E-state index in [4.69, 9.17) is 11.6 Å². The molecule has 4 rings (SSSR count). The second kappa shape index (κ2) is 13.4. The van der Waals surface area contributed by atoms with Crippen molar-refractivity contribution in [1.29, 1.82) is 0 Å². The van der Waals surface area contributed by atoms with E-state index in [0.717, 1.165) is 0 Å². The van der Waals surface area contributed by atoms with Crippen molar-refractivity contribution >= 4 is 58.5 Å². The summed E-state index contributed by atoms with van der Waals surface area (Å²) in [6.45, 7) is 0. The smallest absolute Gasteiger partial charge is 0.272 e. The molecule has 0 atom stereocenters. The summed E-state index contributed by atoms with van der Waals surface area (Å²) in [6.07, 6.45) is 1.50. The van der Waals surface area contributed by atoms with E-state index in [-0.39, 0.29) is 23.0 Å². The van der Waals surface area contributed by atoms with Gasteiger partial charge in [0.25, 0.3) is 11.8 Å². The molecule has 0 radical (unpaired) electrons. The Morgan fingerprint density at radius 1 is 0.821 bits per heavy atom. The quantitative estimate of drug-likeness (QED) is 0.159. The summed E-state index contributed by atoms with van der Waals surface area (Å²) in [4.78, 5) is 39.1. The van der Waals surface area contributed by atoms with Gasteiger partial charge in [-0.15, -0.1) is 11.8 Å². The van der Waals surface area contributed by atoms with Gasteiger partial charge >= 0.3 is 0 Å². The van der Waals surface area contributed by atoms with Crippen LogP contribution in [0.25, 0.3) is 6.08 Å². The number of halogens is 2. The third-order valence-electron chi connectivity index (χ3n) is 5.34. The molecular weight excluding hydrogens is 537 g/mol. The Morgan fingerprint density at radius 2 is 1.54 bits per heavy atom. The fourth-order valence-corrected chi connectivity index (χ4v) is 4.40. The number of rotatable bonds is 9. The highest BCUT2D eigenvalue weighted by molar-refractivity contribution is 8.00. The highest BCUT2D eigenvalue weighted by atomic mass is 35.5. The zero-order valence-electron chi connectivity index (χ0n) is 20.5. The van der Waals surface area contributed by atoms with Gasteiger partial charge in [-0.3, -0.25) is 14.4 Å². The van der Waals surface area contributed by atoms with Crippen molar-refractivity contribution in [2.45, 2.75) is 4.90 Å². The maximum absolute atomic E-state index is 13.8. The molecule has 39 heavy (non-hydrogen) atoms. The highest BCUT2D eigenvalue weighted by Crippen LogP contribution is 2.23. The Balaban J connectivity index is 1.46. The molecule has 0 bridgehead atoms. The maximum Gasteiger partial charge on any atom is 0.272 e. The lowest BCUT2D eigenvalue weighted by atomic mass is 10.1. The molecule has 0 heterocycles. The summed E-state index contributed by atoms with van der Waals surface area (Å²) in [5.74, 6) is -1.85. The van der Waals surface area contributed by atoms with Crippen molar-refractivity contribution in [1.82, 2.24) is 5.32 Å². The van der Waals surface area contributed by atoms with Crippen molar-refractivity contribution in [3.05, 3.63) is 131 Å². The predicted octanol–water partition coefficient (Wildman–Crippen LogP) is 6.62. The van der Waals surface area contributed by atoms with Crippen LogP contribution in [0.15, 0.2) is 114 Å². The number of carbonyl (C=O) groups excluding carboxylic acids is 3. The molecule has 196 valence electrons. The van der Waals surface area contributed by atoms with Gasteiger partial charge in [0.15, 0.2) is 0 Å². The average Bonchev–Trinajstić information content (AvgIpc) is 2.94. The van der Waals surface area contributed by atoms with Crippen LogP contribution in [0.2, 0.25) is 5.02 Å². The number of benzene rings is 4. The Bertz CT molecular complexity index is 1530. The van der Waals surface area contributed by atoms with Crippen LogP contribution in [0.3, 0.4) is 0 Å². The molecule has 9 heteroatoms.